The number of aromatic nitrogens is 3. The van der Waals surface area contributed by atoms with E-state index in [1.807, 2.05) is 0 Å². The fourth-order valence-corrected chi connectivity index (χ4v) is 7.24. The van der Waals surface area contributed by atoms with Gasteiger partial charge in [-0.3, -0.25) is 14.5 Å². The van der Waals surface area contributed by atoms with E-state index < -0.39 is 75.3 Å². The molecule has 6 rings (SSSR count). The normalized spacial score (nSPS) is 18.9. The highest BCUT2D eigenvalue weighted by atomic mass is 32.2. The molecule has 0 spiro atoms. The molecule has 13 heteroatoms. The molecule has 2 aromatic carbocycles. The molecule has 0 saturated heterocycles. The van der Waals surface area contributed by atoms with E-state index in [1.54, 1.807) is 24.3 Å². The van der Waals surface area contributed by atoms with Gasteiger partial charge in [-0.05, 0) is 60.2 Å². The minimum absolute atomic E-state index is 0.0768. The number of carbonyl (C=O) groups is 1. The largest absolute Gasteiger partial charge is 0.298 e. The SMILES string of the molecule is CCS(=O)(=O)c1ccc(-c2cccnc2[C@@H](CC(=O)Cn2nc(C(F)F)c3c2C(F)(F)C2CC32)Cc2cc(F)cc(F)c2)cc1. The zero-order chi connectivity index (χ0) is 32.3. The van der Waals surface area contributed by atoms with Gasteiger partial charge in [-0.25, -0.2) is 26.0 Å². The number of nitrogens with zero attached hydrogens (tertiary/aromatic N) is 3. The maximum absolute atomic E-state index is 15.1. The number of rotatable bonds is 11. The molecule has 0 bridgehead atoms. The molecule has 1 fully saturated rings. The topological polar surface area (TPSA) is 81.9 Å². The first kappa shape index (κ1) is 31.0. The number of fused-ring (bicyclic) bond motifs is 3. The average Bonchev–Trinajstić information content (AvgIpc) is 3.65. The van der Waals surface area contributed by atoms with Crippen LogP contribution in [0.3, 0.4) is 0 Å². The summed E-state index contributed by atoms with van der Waals surface area (Å²) in [6, 6.07) is 12.3. The highest BCUT2D eigenvalue weighted by Gasteiger charge is 2.67. The third-order valence-electron chi connectivity index (χ3n) is 8.50. The van der Waals surface area contributed by atoms with E-state index in [9.17, 15) is 30.8 Å². The van der Waals surface area contributed by atoms with Crippen molar-refractivity contribution < 1.29 is 39.6 Å². The number of pyridine rings is 1. The molecule has 2 aromatic heterocycles. The summed E-state index contributed by atoms with van der Waals surface area (Å²) in [6.07, 6.45) is -1.97. The molecule has 0 aliphatic heterocycles. The van der Waals surface area contributed by atoms with Crippen LogP contribution in [0.2, 0.25) is 0 Å². The van der Waals surface area contributed by atoms with Crippen molar-refractivity contribution >= 4 is 15.6 Å². The van der Waals surface area contributed by atoms with Crippen LogP contribution in [-0.2, 0) is 33.5 Å². The second kappa shape index (κ2) is 11.4. The van der Waals surface area contributed by atoms with Crippen molar-refractivity contribution in [2.45, 2.75) is 61.8 Å². The van der Waals surface area contributed by atoms with E-state index >= 15 is 8.78 Å². The smallest absolute Gasteiger partial charge is 0.293 e. The Hall–Kier alpha value is -4.00. The first-order valence-corrected chi connectivity index (χ1v) is 16.0. The third-order valence-corrected chi connectivity index (χ3v) is 10.3. The van der Waals surface area contributed by atoms with E-state index in [0.717, 1.165) is 12.1 Å². The monoisotopic (exact) mass is 647 g/mol. The van der Waals surface area contributed by atoms with Crippen LogP contribution in [0, 0.1) is 17.6 Å². The van der Waals surface area contributed by atoms with E-state index in [4.69, 9.17) is 0 Å². The van der Waals surface area contributed by atoms with Gasteiger partial charge in [0, 0.05) is 41.6 Å². The number of sulfone groups is 1. The standard InChI is InChI=1S/C32H27F6N3O3S/c1-2-45(43,44)23-7-5-18(6-8-23)24-4-3-9-39-28(24)19(10-17-11-20(33)14-21(34)12-17)13-22(42)16-41-30-27(29(40-41)31(35)36)25-15-26(25)32(30,37)38/h3-9,11-12,14,19,25-26,31H,2,10,13,15-16H2,1H3/t19-,25?,26?/m1/s1. The molecule has 0 N–H and O–H groups in total. The van der Waals surface area contributed by atoms with Gasteiger partial charge >= 0.3 is 0 Å². The van der Waals surface area contributed by atoms with Crippen molar-refractivity contribution in [1.29, 1.82) is 0 Å². The number of alkyl halides is 4. The number of hydrogen-bond acceptors (Lipinski definition) is 5. The van der Waals surface area contributed by atoms with Crippen LogP contribution in [0.1, 0.15) is 66.2 Å². The van der Waals surface area contributed by atoms with Gasteiger partial charge in [0.25, 0.3) is 12.3 Å². The van der Waals surface area contributed by atoms with Crippen LogP contribution >= 0.6 is 0 Å². The predicted molar refractivity (Wildman–Crippen MR) is 152 cm³/mol. The van der Waals surface area contributed by atoms with Crippen molar-refractivity contribution in [3.63, 3.8) is 0 Å². The zero-order valence-electron chi connectivity index (χ0n) is 23.9. The summed E-state index contributed by atoms with van der Waals surface area (Å²) in [5, 5.41) is 3.73. The zero-order valence-corrected chi connectivity index (χ0v) is 24.7. The summed E-state index contributed by atoms with van der Waals surface area (Å²) in [6.45, 7) is 0.818. The van der Waals surface area contributed by atoms with E-state index in [-0.39, 0.29) is 41.0 Å². The van der Waals surface area contributed by atoms with Crippen LogP contribution in [0.25, 0.3) is 11.1 Å². The molecule has 0 amide bonds. The fraction of sp³-hybridized carbons (Fsp3) is 0.344. The molecule has 2 unspecified atom stereocenters. The van der Waals surface area contributed by atoms with Crippen molar-refractivity contribution in [2.24, 2.45) is 5.92 Å². The summed E-state index contributed by atoms with van der Waals surface area (Å²) >= 11 is 0. The fourth-order valence-electron chi connectivity index (χ4n) is 6.36. The molecule has 2 aliphatic rings. The molecule has 3 atom stereocenters. The van der Waals surface area contributed by atoms with Crippen molar-refractivity contribution in [3.8, 4) is 11.1 Å². The Balaban J connectivity index is 1.35. The van der Waals surface area contributed by atoms with Gasteiger partial charge in [0.1, 0.15) is 29.6 Å². The van der Waals surface area contributed by atoms with Gasteiger partial charge in [-0.1, -0.05) is 25.1 Å². The second-order valence-electron chi connectivity index (χ2n) is 11.5. The second-order valence-corrected chi connectivity index (χ2v) is 13.7. The van der Waals surface area contributed by atoms with Gasteiger partial charge in [0.2, 0.25) is 0 Å². The summed E-state index contributed by atoms with van der Waals surface area (Å²) in [5.74, 6) is -8.42. The summed E-state index contributed by atoms with van der Waals surface area (Å²) in [7, 11) is -3.48. The number of ketones is 1. The Kier molecular flexibility index (Phi) is 7.87. The van der Waals surface area contributed by atoms with Gasteiger partial charge in [0.15, 0.2) is 15.6 Å². The minimum atomic E-state index is -3.48. The molecule has 45 heavy (non-hydrogen) atoms. The highest BCUT2D eigenvalue weighted by molar-refractivity contribution is 7.91. The van der Waals surface area contributed by atoms with Crippen LogP contribution in [0.5, 0.6) is 0 Å². The minimum Gasteiger partial charge on any atom is -0.298 e. The number of hydrogen-bond donors (Lipinski definition) is 0. The van der Waals surface area contributed by atoms with E-state index in [2.05, 4.69) is 10.1 Å². The Morgan fingerprint density at radius 2 is 1.73 bits per heavy atom. The lowest BCUT2D eigenvalue weighted by molar-refractivity contribution is -0.120. The van der Waals surface area contributed by atoms with Gasteiger partial charge < -0.3 is 0 Å². The Morgan fingerprint density at radius 1 is 1.04 bits per heavy atom. The van der Waals surface area contributed by atoms with Crippen molar-refractivity contribution in [2.75, 3.05) is 5.75 Å². The third kappa shape index (κ3) is 5.78. The molecule has 2 heterocycles. The number of Topliss-reactive ketones (excluding diaryl/α,β-unsaturated/α-hetero) is 1. The first-order chi connectivity index (χ1) is 21.3. The summed E-state index contributed by atoms with van der Waals surface area (Å²) in [4.78, 5) is 18.1. The van der Waals surface area contributed by atoms with E-state index in [1.165, 1.54) is 25.3 Å². The quantitative estimate of drug-likeness (QED) is 0.162. The first-order valence-electron chi connectivity index (χ1n) is 14.3. The molecular weight excluding hydrogens is 620 g/mol. The predicted octanol–water partition coefficient (Wildman–Crippen LogP) is 7.15. The van der Waals surface area contributed by atoms with Crippen LogP contribution in [0.15, 0.2) is 65.7 Å². The lowest BCUT2D eigenvalue weighted by Gasteiger charge is -2.21. The molecular formula is C32H27F6N3O3S. The molecule has 4 aromatic rings. The molecule has 6 nitrogen and oxygen atoms in total. The molecule has 2 aliphatic carbocycles. The van der Waals surface area contributed by atoms with Crippen LogP contribution < -0.4 is 0 Å². The lowest BCUT2D eigenvalue weighted by Crippen LogP contribution is -2.24. The van der Waals surface area contributed by atoms with Gasteiger partial charge in [-0.2, -0.15) is 13.9 Å². The van der Waals surface area contributed by atoms with Crippen LogP contribution in [0.4, 0.5) is 26.3 Å². The lowest BCUT2D eigenvalue weighted by atomic mass is 9.87. The molecule has 1 saturated carbocycles. The maximum Gasteiger partial charge on any atom is 0.293 e. The van der Waals surface area contributed by atoms with E-state index in [0.29, 0.717) is 27.6 Å². The van der Waals surface area contributed by atoms with Crippen molar-refractivity contribution in [3.05, 3.63) is 101 Å². The molecule has 0 radical (unpaired) electrons. The number of halogens is 6. The van der Waals surface area contributed by atoms with Crippen molar-refractivity contribution in [1.82, 2.24) is 14.8 Å². The van der Waals surface area contributed by atoms with Crippen LogP contribution in [-0.4, -0.2) is 34.7 Å². The average molecular weight is 648 g/mol. The van der Waals surface area contributed by atoms with Gasteiger partial charge in [-0.15, -0.1) is 0 Å². The Morgan fingerprint density at radius 3 is 2.38 bits per heavy atom. The highest BCUT2D eigenvalue weighted by Crippen LogP contribution is 2.68. The summed E-state index contributed by atoms with van der Waals surface area (Å²) in [5.41, 5.74) is 0.0392. The number of benzene rings is 2. The Bertz CT molecular complexity index is 1870. The Labute approximate surface area is 255 Å². The maximum atomic E-state index is 15.1. The van der Waals surface area contributed by atoms with Gasteiger partial charge in [0.05, 0.1) is 16.3 Å². The molecule has 236 valence electrons. The number of carbonyl (C=O) groups excluding carboxylic acids is 1. The summed E-state index contributed by atoms with van der Waals surface area (Å²) < 4.78 is 111.